The largest absolute Gasteiger partial charge is 0.374 e. The lowest BCUT2D eigenvalue weighted by Crippen LogP contribution is -2.21. The normalized spacial score (nSPS) is 10.3. The van der Waals surface area contributed by atoms with Crippen LogP contribution in [0.25, 0.3) is 10.9 Å². The number of aromatic nitrogens is 1. The van der Waals surface area contributed by atoms with Gasteiger partial charge in [0.05, 0.1) is 12.2 Å². The van der Waals surface area contributed by atoms with E-state index in [4.69, 9.17) is 5.73 Å². The van der Waals surface area contributed by atoms with Gasteiger partial charge >= 0.3 is 0 Å². The van der Waals surface area contributed by atoms with Gasteiger partial charge in [-0.15, -0.1) is 0 Å². The van der Waals surface area contributed by atoms with Crippen LogP contribution in [0, 0.1) is 0 Å². The minimum atomic E-state index is -0.365. The molecule has 1 amide bonds. The zero-order valence-electron chi connectivity index (χ0n) is 7.58. The number of nitrogens with one attached hydrogen (secondary N) is 2. The van der Waals surface area contributed by atoms with Crippen molar-refractivity contribution in [1.29, 1.82) is 0 Å². The minimum Gasteiger partial charge on any atom is -0.374 e. The molecule has 0 fully saturated rings. The minimum absolute atomic E-state index is 0.155. The Labute approximate surface area is 81.1 Å². The highest BCUT2D eigenvalue weighted by Crippen LogP contribution is 2.21. The highest BCUT2D eigenvalue weighted by Gasteiger charge is 2.02. The Morgan fingerprint density at radius 1 is 1.43 bits per heavy atom. The highest BCUT2D eigenvalue weighted by molar-refractivity contribution is 5.93. The summed E-state index contributed by atoms with van der Waals surface area (Å²) in [6.07, 6.45) is 1.83. The molecule has 14 heavy (non-hydrogen) atoms. The van der Waals surface area contributed by atoms with E-state index in [0.29, 0.717) is 0 Å². The summed E-state index contributed by atoms with van der Waals surface area (Å²) in [5, 5.41) is 4.02. The molecule has 1 aromatic carbocycles. The van der Waals surface area contributed by atoms with Gasteiger partial charge in [0.2, 0.25) is 5.91 Å². The molecule has 2 aromatic rings. The van der Waals surface area contributed by atoms with Crippen molar-refractivity contribution in [3.05, 3.63) is 30.5 Å². The van der Waals surface area contributed by atoms with Crippen molar-refractivity contribution in [3.63, 3.8) is 0 Å². The Morgan fingerprint density at radius 3 is 3.00 bits per heavy atom. The molecule has 0 unspecified atom stereocenters. The van der Waals surface area contributed by atoms with Gasteiger partial charge in [-0.2, -0.15) is 0 Å². The molecule has 1 heterocycles. The molecule has 0 saturated heterocycles. The Morgan fingerprint density at radius 2 is 2.21 bits per heavy atom. The molecular weight excluding hydrogens is 178 g/mol. The van der Waals surface area contributed by atoms with E-state index in [1.165, 1.54) is 0 Å². The molecule has 4 nitrogen and oxygen atoms in total. The molecule has 4 heteroatoms. The van der Waals surface area contributed by atoms with E-state index < -0.39 is 0 Å². The average molecular weight is 189 g/mol. The molecule has 0 aliphatic carbocycles. The zero-order valence-corrected chi connectivity index (χ0v) is 7.58. The summed E-state index contributed by atoms with van der Waals surface area (Å²) < 4.78 is 0. The molecule has 0 spiro atoms. The molecule has 4 N–H and O–H groups in total. The number of rotatable bonds is 3. The van der Waals surface area contributed by atoms with E-state index >= 15 is 0 Å². The van der Waals surface area contributed by atoms with Crippen molar-refractivity contribution >= 4 is 22.5 Å². The van der Waals surface area contributed by atoms with Crippen LogP contribution in [0.4, 0.5) is 5.69 Å². The Kier molecular flexibility index (Phi) is 2.10. The first-order chi connectivity index (χ1) is 6.77. The second kappa shape index (κ2) is 3.41. The van der Waals surface area contributed by atoms with Crippen LogP contribution in [0.1, 0.15) is 0 Å². The van der Waals surface area contributed by atoms with Crippen molar-refractivity contribution in [3.8, 4) is 0 Å². The first kappa shape index (κ1) is 8.62. The molecule has 0 bridgehead atoms. The van der Waals surface area contributed by atoms with Crippen molar-refractivity contribution in [1.82, 2.24) is 4.98 Å². The second-order valence-electron chi connectivity index (χ2n) is 3.07. The topological polar surface area (TPSA) is 70.9 Å². The Bertz CT molecular complexity index is 461. The average Bonchev–Trinajstić information content (AvgIpc) is 2.58. The zero-order chi connectivity index (χ0) is 9.97. The number of para-hydroxylation sites is 1. The Balaban J connectivity index is 2.29. The number of amides is 1. The predicted octanol–water partition coefficient (Wildman–Crippen LogP) is 1.07. The summed E-state index contributed by atoms with van der Waals surface area (Å²) in [4.78, 5) is 13.7. The van der Waals surface area contributed by atoms with Crippen molar-refractivity contribution in [2.24, 2.45) is 5.73 Å². The monoisotopic (exact) mass is 189 g/mol. The predicted molar refractivity (Wildman–Crippen MR) is 56.0 cm³/mol. The number of anilines is 1. The molecule has 1 aromatic heterocycles. The van der Waals surface area contributed by atoms with Gasteiger partial charge in [0.1, 0.15) is 0 Å². The number of aromatic amines is 1. The molecular formula is C10H11N3O. The number of carbonyl (C=O) groups excluding carboxylic acids is 1. The molecule has 0 atom stereocenters. The summed E-state index contributed by atoms with van der Waals surface area (Å²) >= 11 is 0. The smallest absolute Gasteiger partial charge is 0.236 e. The standard InChI is InChI=1S/C10H11N3O/c11-10(14)6-13-9-5-12-8-4-2-1-3-7(8)9/h1-5,12-13H,6H2,(H2,11,14). The number of benzene rings is 1. The number of H-pyrrole nitrogens is 1. The number of nitrogens with two attached hydrogens (primary N) is 1. The number of hydrogen-bond donors (Lipinski definition) is 3. The lowest BCUT2D eigenvalue weighted by Gasteiger charge is -2.00. The van der Waals surface area contributed by atoms with Crippen LogP contribution in [0.15, 0.2) is 30.5 Å². The molecule has 72 valence electrons. The fourth-order valence-corrected chi connectivity index (χ4v) is 1.40. The third-order valence-electron chi connectivity index (χ3n) is 2.04. The van der Waals surface area contributed by atoms with Gasteiger partial charge < -0.3 is 16.0 Å². The van der Waals surface area contributed by atoms with E-state index in [1.807, 2.05) is 30.5 Å². The molecule has 2 rings (SSSR count). The third kappa shape index (κ3) is 1.54. The number of carbonyl (C=O) groups is 1. The maximum absolute atomic E-state index is 10.6. The first-order valence-electron chi connectivity index (χ1n) is 4.35. The SMILES string of the molecule is NC(=O)CNc1c[nH]c2ccccc12. The van der Waals surface area contributed by atoms with Gasteiger partial charge in [0.25, 0.3) is 0 Å². The van der Waals surface area contributed by atoms with Crippen molar-refractivity contribution in [2.45, 2.75) is 0 Å². The fourth-order valence-electron chi connectivity index (χ4n) is 1.40. The van der Waals surface area contributed by atoms with Crippen molar-refractivity contribution < 1.29 is 4.79 Å². The fraction of sp³-hybridized carbons (Fsp3) is 0.100. The lowest BCUT2D eigenvalue weighted by molar-refractivity contribution is -0.116. The maximum atomic E-state index is 10.6. The maximum Gasteiger partial charge on any atom is 0.236 e. The molecule has 0 aliphatic rings. The summed E-state index contributed by atoms with van der Waals surface area (Å²) in [6, 6.07) is 7.86. The second-order valence-corrected chi connectivity index (χ2v) is 3.07. The summed E-state index contributed by atoms with van der Waals surface area (Å²) in [6.45, 7) is 0.155. The third-order valence-corrected chi connectivity index (χ3v) is 2.04. The quantitative estimate of drug-likeness (QED) is 0.675. The van der Waals surface area contributed by atoms with Gasteiger partial charge in [0, 0.05) is 17.1 Å². The van der Waals surface area contributed by atoms with Gasteiger partial charge in [-0.3, -0.25) is 4.79 Å². The van der Waals surface area contributed by atoms with Gasteiger partial charge in [-0.25, -0.2) is 0 Å². The lowest BCUT2D eigenvalue weighted by atomic mass is 10.2. The number of hydrogen-bond acceptors (Lipinski definition) is 2. The van der Waals surface area contributed by atoms with Crippen LogP contribution in [0.5, 0.6) is 0 Å². The van der Waals surface area contributed by atoms with Crippen molar-refractivity contribution in [2.75, 3.05) is 11.9 Å². The van der Waals surface area contributed by atoms with E-state index in [1.54, 1.807) is 0 Å². The number of primary amides is 1. The summed E-state index contributed by atoms with van der Waals surface area (Å²) in [7, 11) is 0. The van der Waals surface area contributed by atoms with E-state index in [-0.39, 0.29) is 12.5 Å². The van der Waals surface area contributed by atoms with Crippen LogP contribution < -0.4 is 11.1 Å². The molecule has 0 radical (unpaired) electrons. The van der Waals surface area contributed by atoms with Gasteiger partial charge in [0.15, 0.2) is 0 Å². The molecule has 0 aliphatic heterocycles. The highest BCUT2D eigenvalue weighted by atomic mass is 16.1. The summed E-state index contributed by atoms with van der Waals surface area (Å²) in [5.74, 6) is -0.365. The van der Waals surface area contributed by atoms with Crippen LogP contribution >= 0.6 is 0 Å². The van der Waals surface area contributed by atoms with Gasteiger partial charge in [-0.1, -0.05) is 18.2 Å². The molecule has 0 saturated carbocycles. The first-order valence-corrected chi connectivity index (χ1v) is 4.35. The summed E-state index contributed by atoms with van der Waals surface area (Å²) in [5.41, 5.74) is 6.98. The Hall–Kier alpha value is -1.97. The van der Waals surface area contributed by atoms with E-state index in [9.17, 15) is 4.79 Å². The van der Waals surface area contributed by atoms with Gasteiger partial charge in [-0.05, 0) is 6.07 Å². The van der Waals surface area contributed by atoms with E-state index in [0.717, 1.165) is 16.6 Å². The van der Waals surface area contributed by atoms with Crippen LogP contribution in [-0.4, -0.2) is 17.4 Å². The van der Waals surface area contributed by atoms with Crippen LogP contribution in [0.2, 0.25) is 0 Å². The van der Waals surface area contributed by atoms with Crippen LogP contribution in [-0.2, 0) is 4.79 Å². The number of fused-ring (bicyclic) bond motifs is 1. The van der Waals surface area contributed by atoms with E-state index in [2.05, 4.69) is 10.3 Å². The van der Waals surface area contributed by atoms with Crippen LogP contribution in [0.3, 0.4) is 0 Å².